The SMILES string of the molecule is CCN(CC)C(=O)/C(C#N)=C\c1cc(C)n(-c2ccc(C)cc2)c1C. The van der Waals surface area contributed by atoms with Gasteiger partial charge in [-0.25, -0.2) is 0 Å². The fourth-order valence-corrected chi connectivity index (χ4v) is 3.00. The van der Waals surface area contributed by atoms with E-state index in [2.05, 4.69) is 41.8 Å². The molecule has 0 atom stereocenters. The van der Waals surface area contributed by atoms with Crippen LogP contribution in [0.4, 0.5) is 0 Å². The predicted octanol–water partition coefficient (Wildman–Crippen LogP) is 4.18. The topological polar surface area (TPSA) is 49.0 Å². The van der Waals surface area contributed by atoms with Gasteiger partial charge in [0.25, 0.3) is 5.91 Å². The number of hydrogen-bond acceptors (Lipinski definition) is 2. The molecule has 0 saturated heterocycles. The van der Waals surface area contributed by atoms with E-state index in [1.807, 2.05) is 33.8 Å². The van der Waals surface area contributed by atoms with Gasteiger partial charge < -0.3 is 9.47 Å². The summed E-state index contributed by atoms with van der Waals surface area (Å²) in [5.74, 6) is -0.215. The summed E-state index contributed by atoms with van der Waals surface area (Å²) in [5, 5.41) is 9.44. The van der Waals surface area contributed by atoms with Crippen molar-refractivity contribution in [1.29, 1.82) is 5.26 Å². The predicted molar refractivity (Wildman–Crippen MR) is 101 cm³/mol. The van der Waals surface area contributed by atoms with Gasteiger partial charge in [0.05, 0.1) is 0 Å². The van der Waals surface area contributed by atoms with Gasteiger partial charge in [0.15, 0.2) is 0 Å². The summed E-state index contributed by atoms with van der Waals surface area (Å²) in [6.45, 7) is 11.1. The van der Waals surface area contributed by atoms with Crippen molar-refractivity contribution in [2.24, 2.45) is 0 Å². The highest BCUT2D eigenvalue weighted by Crippen LogP contribution is 2.23. The zero-order chi connectivity index (χ0) is 18.6. The van der Waals surface area contributed by atoms with Crippen LogP contribution in [0.3, 0.4) is 0 Å². The van der Waals surface area contributed by atoms with Crippen LogP contribution in [0, 0.1) is 32.1 Å². The number of carbonyl (C=O) groups is 1. The lowest BCUT2D eigenvalue weighted by Gasteiger charge is -2.17. The number of nitriles is 1. The fourth-order valence-electron chi connectivity index (χ4n) is 3.00. The summed E-state index contributed by atoms with van der Waals surface area (Å²) in [4.78, 5) is 14.1. The molecule has 0 radical (unpaired) electrons. The van der Waals surface area contributed by atoms with E-state index in [9.17, 15) is 10.1 Å². The van der Waals surface area contributed by atoms with Gasteiger partial charge in [-0.05, 0) is 64.5 Å². The lowest BCUT2D eigenvalue weighted by atomic mass is 10.1. The minimum atomic E-state index is -0.215. The summed E-state index contributed by atoms with van der Waals surface area (Å²) in [6.07, 6.45) is 1.70. The number of nitrogens with zero attached hydrogens (tertiary/aromatic N) is 3. The number of aromatic nitrogens is 1. The van der Waals surface area contributed by atoms with E-state index in [1.165, 1.54) is 5.56 Å². The molecular weight excluding hydrogens is 310 g/mol. The van der Waals surface area contributed by atoms with Crippen molar-refractivity contribution in [2.75, 3.05) is 13.1 Å². The molecule has 0 spiro atoms. The molecule has 4 nitrogen and oxygen atoms in total. The Balaban J connectivity index is 2.47. The Labute approximate surface area is 150 Å². The van der Waals surface area contributed by atoms with E-state index in [4.69, 9.17) is 0 Å². The normalized spacial score (nSPS) is 11.3. The van der Waals surface area contributed by atoms with Gasteiger partial charge >= 0.3 is 0 Å². The van der Waals surface area contributed by atoms with Crippen LogP contribution in [0.25, 0.3) is 11.8 Å². The average molecular weight is 335 g/mol. The Morgan fingerprint density at radius 2 is 1.76 bits per heavy atom. The molecular formula is C21H25N3O. The van der Waals surface area contributed by atoms with Gasteiger partial charge in [-0.1, -0.05) is 17.7 Å². The van der Waals surface area contributed by atoms with Crippen LogP contribution in [0.1, 0.15) is 36.4 Å². The molecule has 0 aliphatic heterocycles. The van der Waals surface area contributed by atoms with Gasteiger partial charge in [-0.2, -0.15) is 5.26 Å². The van der Waals surface area contributed by atoms with Gasteiger partial charge in [0.2, 0.25) is 0 Å². The highest BCUT2D eigenvalue weighted by molar-refractivity contribution is 6.01. The van der Waals surface area contributed by atoms with Crippen LogP contribution in [0.15, 0.2) is 35.9 Å². The molecule has 2 aromatic rings. The number of benzene rings is 1. The third-order valence-corrected chi connectivity index (χ3v) is 4.46. The largest absolute Gasteiger partial charge is 0.339 e. The van der Waals surface area contributed by atoms with Crippen LogP contribution in [-0.4, -0.2) is 28.5 Å². The first-order valence-electron chi connectivity index (χ1n) is 8.59. The number of carbonyl (C=O) groups excluding carboxylic acids is 1. The monoisotopic (exact) mass is 335 g/mol. The molecule has 0 bridgehead atoms. The molecule has 1 heterocycles. The maximum Gasteiger partial charge on any atom is 0.264 e. The van der Waals surface area contributed by atoms with Crippen molar-refractivity contribution >= 4 is 12.0 Å². The van der Waals surface area contributed by atoms with Crippen LogP contribution in [0.2, 0.25) is 0 Å². The molecule has 0 aliphatic carbocycles. The van der Waals surface area contributed by atoms with E-state index in [-0.39, 0.29) is 11.5 Å². The highest BCUT2D eigenvalue weighted by atomic mass is 16.2. The molecule has 1 aromatic carbocycles. The summed E-state index contributed by atoms with van der Waals surface area (Å²) >= 11 is 0. The van der Waals surface area contributed by atoms with Crippen molar-refractivity contribution < 1.29 is 4.79 Å². The molecule has 130 valence electrons. The van der Waals surface area contributed by atoms with Crippen molar-refractivity contribution in [2.45, 2.75) is 34.6 Å². The first-order valence-corrected chi connectivity index (χ1v) is 8.59. The molecule has 0 N–H and O–H groups in total. The van der Waals surface area contributed by atoms with Gasteiger partial charge in [-0.3, -0.25) is 4.79 Å². The molecule has 2 rings (SSSR count). The Bertz CT molecular complexity index is 831. The molecule has 0 unspecified atom stereocenters. The third kappa shape index (κ3) is 3.83. The number of hydrogen-bond donors (Lipinski definition) is 0. The Hall–Kier alpha value is -2.80. The van der Waals surface area contributed by atoms with E-state index >= 15 is 0 Å². The quantitative estimate of drug-likeness (QED) is 0.608. The lowest BCUT2D eigenvalue weighted by Crippen LogP contribution is -2.31. The van der Waals surface area contributed by atoms with Gasteiger partial charge in [0.1, 0.15) is 11.6 Å². The average Bonchev–Trinajstić information content (AvgIpc) is 2.88. The zero-order valence-electron chi connectivity index (χ0n) is 15.6. The van der Waals surface area contributed by atoms with E-state index < -0.39 is 0 Å². The summed E-state index contributed by atoms with van der Waals surface area (Å²) in [7, 11) is 0. The number of likely N-dealkylation sites (N-methyl/N-ethyl adjacent to an activating group) is 1. The summed E-state index contributed by atoms with van der Waals surface area (Å²) in [5.41, 5.74) is 5.45. The smallest absolute Gasteiger partial charge is 0.264 e. The number of rotatable bonds is 5. The summed E-state index contributed by atoms with van der Waals surface area (Å²) in [6, 6.07) is 12.4. The Morgan fingerprint density at radius 3 is 2.28 bits per heavy atom. The van der Waals surface area contributed by atoms with Crippen molar-refractivity contribution in [3.63, 3.8) is 0 Å². The van der Waals surface area contributed by atoms with E-state index in [1.54, 1.807) is 11.0 Å². The minimum absolute atomic E-state index is 0.174. The lowest BCUT2D eigenvalue weighted by molar-refractivity contribution is -0.126. The maximum atomic E-state index is 12.5. The third-order valence-electron chi connectivity index (χ3n) is 4.46. The van der Waals surface area contributed by atoms with E-state index in [0.29, 0.717) is 13.1 Å². The number of aryl methyl sites for hydroxylation is 2. The first-order chi connectivity index (χ1) is 11.9. The molecule has 25 heavy (non-hydrogen) atoms. The van der Waals surface area contributed by atoms with Crippen LogP contribution >= 0.6 is 0 Å². The standard InChI is InChI=1S/C21H25N3O/c1-6-23(7-2)21(25)19(14-22)13-18-12-16(4)24(17(18)5)20-10-8-15(3)9-11-20/h8-13H,6-7H2,1-5H3/b19-13-. The second kappa shape index (κ2) is 7.85. The molecule has 1 amide bonds. The van der Waals surface area contributed by atoms with Crippen molar-refractivity contribution in [3.8, 4) is 11.8 Å². The van der Waals surface area contributed by atoms with Crippen LogP contribution < -0.4 is 0 Å². The summed E-state index contributed by atoms with van der Waals surface area (Å²) < 4.78 is 2.14. The maximum absolute atomic E-state index is 12.5. The minimum Gasteiger partial charge on any atom is -0.339 e. The molecule has 1 aromatic heterocycles. The van der Waals surface area contributed by atoms with Crippen molar-refractivity contribution in [3.05, 3.63) is 58.4 Å². The van der Waals surface area contributed by atoms with E-state index in [0.717, 1.165) is 22.6 Å². The molecule has 0 saturated carbocycles. The highest BCUT2D eigenvalue weighted by Gasteiger charge is 2.17. The molecule has 0 aliphatic rings. The van der Waals surface area contributed by atoms with Crippen molar-refractivity contribution in [1.82, 2.24) is 9.47 Å². The fraction of sp³-hybridized carbons (Fsp3) is 0.333. The second-order valence-electron chi connectivity index (χ2n) is 6.14. The zero-order valence-corrected chi connectivity index (χ0v) is 15.6. The molecule has 0 fully saturated rings. The first kappa shape index (κ1) is 18.5. The van der Waals surface area contributed by atoms with Gasteiger partial charge in [0, 0.05) is 30.2 Å². The van der Waals surface area contributed by atoms with Crippen LogP contribution in [-0.2, 0) is 4.79 Å². The second-order valence-corrected chi connectivity index (χ2v) is 6.14. The Kier molecular flexibility index (Phi) is 5.82. The Morgan fingerprint density at radius 1 is 1.16 bits per heavy atom. The van der Waals surface area contributed by atoms with Gasteiger partial charge in [-0.15, -0.1) is 0 Å². The van der Waals surface area contributed by atoms with Crippen LogP contribution in [0.5, 0.6) is 0 Å². The molecule has 4 heteroatoms. The number of amides is 1.